The second kappa shape index (κ2) is 9.24. The van der Waals surface area contributed by atoms with Gasteiger partial charge < -0.3 is 4.90 Å². The second-order valence-electron chi connectivity index (χ2n) is 6.38. The largest absolute Gasteiger partial charge is 0.338 e. The molecule has 1 amide bonds. The number of benzene rings is 2. The van der Waals surface area contributed by atoms with Gasteiger partial charge in [0, 0.05) is 25.7 Å². The lowest BCUT2D eigenvalue weighted by atomic mass is 10.2. The minimum atomic E-state index is 0.186. The van der Waals surface area contributed by atoms with Crippen LogP contribution in [0.25, 0.3) is 0 Å². The van der Waals surface area contributed by atoms with Gasteiger partial charge in [-0.25, -0.2) is 0 Å². The van der Waals surface area contributed by atoms with E-state index in [2.05, 4.69) is 43.0 Å². The third-order valence-corrected chi connectivity index (χ3v) is 4.25. The van der Waals surface area contributed by atoms with Gasteiger partial charge in [-0.3, -0.25) is 9.69 Å². The maximum absolute atomic E-state index is 12.8. The molecule has 24 heavy (non-hydrogen) atoms. The number of nitrogens with zero attached hydrogens (tertiary/aromatic N) is 2. The van der Waals surface area contributed by atoms with Crippen molar-refractivity contribution in [3.05, 3.63) is 71.8 Å². The Kier molecular flexibility index (Phi) is 7.01. The first-order valence-corrected chi connectivity index (χ1v) is 8.69. The lowest BCUT2D eigenvalue weighted by molar-refractivity contribution is -0.133. The zero-order chi connectivity index (χ0) is 17.4. The van der Waals surface area contributed by atoms with Gasteiger partial charge in [-0.05, 0) is 31.9 Å². The Balaban J connectivity index is 2.00. The Labute approximate surface area is 145 Å². The molecule has 0 bridgehead atoms. The summed E-state index contributed by atoms with van der Waals surface area (Å²) in [6.07, 6.45) is 0. The first-order chi connectivity index (χ1) is 11.6. The van der Waals surface area contributed by atoms with Crippen LogP contribution < -0.4 is 0 Å². The maximum Gasteiger partial charge on any atom is 0.237 e. The number of carbonyl (C=O) groups is 1. The van der Waals surface area contributed by atoms with Crippen molar-refractivity contribution in [1.29, 1.82) is 0 Å². The van der Waals surface area contributed by atoms with Gasteiger partial charge in [0.25, 0.3) is 0 Å². The number of rotatable bonds is 8. The molecule has 0 saturated carbocycles. The summed E-state index contributed by atoms with van der Waals surface area (Å²) in [4.78, 5) is 16.9. The minimum absolute atomic E-state index is 0.186. The highest BCUT2D eigenvalue weighted by Crippen LogP contribution is 2.10. The number of carbonyl (C=O) groups excluding carboxylic acids is 1. The zero-order valence-corrected chi connectivity index (χ0v) is 15.0. The van der Waals surface area contributed by atoms with E-state index in [1.54, 1.807) is 0 Å². The fourth-order valence-electron chi connectivity index (χ4n) is 2.69. The predicted octanol–water partition coefficient (Wildman–Crippen LogP) is 3.95. The molecule has 0 radical (unpaired) electrons. The second-order valence-corrected chi connectivity index (χ2v) is 6.38. The SMILES string of the molecule is CCN(Cc1ccccc1)C(=O)CN(Cc1ccccc1)C(C)C. The van der Waals surface area contributed by atoms with Crippen molar-refractivity contribution in [2.75, 3.05) is 13.1 Å². The molecule has 0 fully saturated rings. The van der Waals surface area contributed by atoms with Crippen LogP contribution in [0.4, 0.5) is 0 Å². The van der Waals surface area contributed by atoms with Gasteiger partial charge in [-0.15, -0.1) is 0 Å². The van der Waals surface area contributed by atoms with Crippen molar-refractivity contribution in [1.82, 2.24) is 9.80 Å². The molecule has 2 rings (SSSR count). The Morgan fingerprint density at radius 3 is 1.83 bits per heavy atom. The maximum atomic E-state index is 12.8. The standard InChI is InChI=1S/C21H28N2O/c1-4-22(15-19-11-7-5-8-12-19)21(24)17-23(18(2)3)16-20-13-9-6-10-14-20/h5-14,18H,4,15-17H2,1-3H3. The van der Waals surface area contributed by atoms with Crippen LogP contribution in [0.3, 0.4) is 0 Å². The molecule has 0 aliphatic carbocycles. The zero-order valence-electron chi connectivity index (χ0n) is 15.0. The van der Waals surface area contributed by atoms with Crippen LogP contribution in [0.5, 0.6) is 0 Å². The predicted molar refractivity (Wildman–Crippen MR) is 99.5 cm³/mol. The fourth-order valence-corrected chi connectivity index (χ4v) is 2.69. The lowest BCUT2D eigenvalue weighted by Crippen LogP contribution is -2.42. The molecule has 0 aromatic heterocycles. The van der Waals surface area contributed by atoms with Crippen LogP contribution in [0.2, 0.25) is 0 Å². The Morgan fingerprint density at radius 2 is 1.38 bits per heavy atom. The number of amides is 1. The summed E-state index contributed by atoms with van der Waals surface area (Å²) in [7, 11) is 0. The van der Waals surface area contributed by atoms with Gasteiger partial charge in [-0.1, -0.05) is 60.7 Å². The molecule has 0 unspecified atom stereocenters. The first-order valence-electron chi connectivity index (χ1n) is 8.69. The normalized spacial score (nSPS) is 11.0. The van der Waals surface area contributed by atoms with E-state index in [4.69, 9.17) is 0 Å². The Morgan fingerprint density at radius 1 is 0.875 bits per heavy atom. The van der Waals surface area contributed by atoms with E-state index in [-0.39, 0.29) is 5.91 Å². The summed E-state index contributed by atoms with van der Waals surface area (Å²) in [5.41, 5.74) is 2.41. The Bertz CT molecular complexity index is 610. The van der Waals surface area contributed by atoms with E-state index < -0.39 is 0 Å². The van der Waals surface area contributed by atoms with E-state index >= 15 is 0 Å². The van der Waals surface area contributed by atoms with Crippen molar-refractivity contribution in [2.24, 2.45) is 0 Å². The van der Waals surface area contributed by atoms with E-state index in [0.717, 1.165) is 13.1 Å². The number of likely N-dealkylation sites (N-methyl/N-ethyl adjacent to an activating group) is 1. The van der Waals surface area contributed by atoms with Crippen molar-refractivity contribution >= 4 is 5.91 Å². The smallest absolute Gasteiger partial charge is 0.237 e. The Hall–Kier alpha value is -2.13. The van der Waals surface area contributed by atoms with Crippen LogP contribution in [0.1, 0.15) is 31.9 Å². The molecule has 128 valence electrons. The van der Waals surface area contributed by atoms with E-state index in [1.807, 2.05) is 48.2 Å². The average Bonchev–Trinajstić information content (AvgIpc) is 2.60. The van der Waals surface area contributed by atoms with Gasteiger partial charge >= 0.3 is 0 Å². The summed E-state index contributed by atoms with van der Waals surface area (Å²) >= 11 is 0. The van der Waals surface area contributed by atoms with Gasteiger partial charge in [0.1, 0.15) is 0 Å². The lowest BCUT2D eigenvalue weighted by Gasteiger charge is -2.29. The summed E-state index contributed by atoms with van der Waals surface area (Å²) < 4.78 is 0. The monoisotopic (exact) mass is 324 g/mol. The van der Waals surface area contributed by atoms with Crippen molar-refractivity contribution < 1.29 is 4.79 Å². The highest BCUT2D eigenvalue weighted by molar-refractivity contribution is 5.78. The summed E-state index contributed by atoms with van der Waals surface area (Å²) in [6, 6.07) is 20.8. The molecule has 0 heterocycles. The fraction of sp³-hybridized carbons (Fsp3) is 0.381. The van der Waals surface area contributed by atoms with Crippen molar-refractivity contribution in [2.45, 2.75) is 39.9 Å². The highest BCUT2D eigenvalue weighted by Gasteiger charge is 2.18. The topological polar surface area (TPSA) is 23.6 Å². The van der Waals surface area contributed by atoms with Gasteiger partial charge in [-0.2, -0.15) is 0 Å². The molecule has 3 heteroatoms. The third kappa shape index (κ3) is 5.50. The molecular weight excluding hydrogens is 296 g/mol. The molecule has 0 atom stereocenters. The molecule has 2 aromatic carbocycles. The molecule has 0 aliphatic rings. The molecule has 0 N–H and O–H groups in total. The molecule has 0 saturated heterocycles. The molecule has 0 spiro atoms. The van der Waals surface area contributed by atoms with Gasteiger partial charge in [0.05, 0.1) is 6.54 Å². The van der Waals surface area contributed by atoms with Crippen molar-refractivity contribution in [3.8, 4) is 0 Å². The quantitative estimate of drug-likeness (QED) is 0.734. The highest BCUT2D eigenvalue weighted by atomic mass is 16.2. The van der Waals surface area contributed by atoms with E-state index in [9.17, 15) is 4.79 Å². The first kappa shape index (κ1) is 18.2. The van der Waals surface area contributed by atoms with Crippen LogP contribution in [0.15, 0.2) is 60.7 Å². The molecule has 3 nitrogen and oxygen atoms in total. The van der Waals surface area contributed by atoms with Gasteiger partial charge in [0.15, 0.2) is 0 Å². The van der Waals surface area contributed by atoms with Gasteiger partial charge in [0.2, 0.25) is 5.91 Å². The number of hydrogen-bond donors (Lipinski definition) is 0. The molecular formula is C21H28N2O. The average molecular weight is 324 g/mol. The van der Waals surface area contributed by atoms with Crippen LogP contribution in [-0.4, -0.2) is 34.8 Å². The van der Waals surface area contributed by atoms with E-state index in [1.165, 1.54) is 11.1 Å². The summed E-state index contributed by atoms with van der Waals surface area (Å²) in [5.74, 6) is 0.186. The summed E-state index contributed by atoms with van der Waals surface area (Å²) in [5, 5.41) is 0. The summed E-state index contributed by atoms with van der Waals surface area (Å²) in [6.45, 7) is 8.98. The van der Waals surface area contributed by atoms with Crippen LogP contribution >= 0.6 is 0 Å². The minimum Gasteiger partial charge on any atom is -0.338 e. The number of hydrogen-bond acceptors (Lipinski definition) is 2. The third-order valence-electron chi connectivity index (χ3n) is 4.25. The van der Waals surface area contributed by atoms with Crippen LogP contribution in [-0.2, 0) is 17.9 Å². The molecule has 0 aliphatic heterocycles. The van der Waals surface area contributed by atoms with E-state index in [0.29, 0.717) is 19.1 Å². The molecule has 2 aromatic rings. The van der Waals surface area contributed by atoms with Crippen LogP contribution in [0, 0.1) is 0 Å². The van der Waals surface area contributed by atoms with Crippen molar-refractivity contribution in [3.63, 3.8) is 0 Å².